The van der Waals surface area contributed by atoms with Crippen molar-refractivity contribution in [1.82, 2.24) is 15.5 Å². The third-order valence-corrected chi connectivity index (χ3v) is 4.42. The van der Waals surface area contributed by atoms with E-state index in [1.807, 2.05) is 31.5 Å². The van der Waals surface area contributed by atoms with Gasteiger partial charge in [-0.2, -0.15) is 0 Å². The largest absolute Gasteiger partial charge is 0.374 e. The van der Waals surface area contributed by atoms with Gasteiger partial charge in [-0.15, -0.1) is 11.3 Å². The maximum Gasteiger partial charge on any atom is 0.234 e. The van der Waals surface area contributed by atoms with Gasteiger partial charge in [0.15, 0.2) is 0 Å². The van der Waals surface area contributed by atoms with E-state index in [0.717, 1.165) is 19.6 Å². The summed E-state index contributed by atoms with van der Waals surface area (Å²) in [4.78, 5) is 15.4. The van der Waals surface area contributed by atoms with Crippen LogP contribution >= 0.6 is 11.3 Å². The van der Waals surface area contributed by atoms with Crippen LogP contribution in [0, 0.1) is 0 Å². The van der Waals surface area contributed by atoms with Crippen LogP contribution in [0.2, 0.25) is 0 Å². The zero-order chi connectivity index (χ0) is 14.4. The van der Waals surface area contributed by atoms with Gasteiger partial charge in [0.25, 0.3) is 0 Å². The molecular formula is C14H23N3O2S. The molecule has 0 radical (unpaired) electrons. The monoisotopic (exact) mass is 297 g/mol. The number of hydrogen-bond donors (Lipinski definition) is 2. The van der Waals surface area contributed by atoms with Crippen molar-refractivity contribution in [3.05, 3.63) is 22.4 Å². The van der Waals surface area contributed by atoms with E-state index >= 15 is 0 Å². The maximum atomic E-state index is 12.1. The second kappa shape index (κ2) is 7.73. The number of hydrogen-bond acceptors (Lipinski definition) is 5. The summed E-state index contributed by atoms with van der Waals surface area (Å²) in [6.45, 7) is 5.61. The molecule has 0 aliphatic carbocycles. The summed E-state index contributed by atoms with van der Waals surface area (Å²) in [5, 5.41) is 8.19. The number of thiophene rings is 1. The number of morpholine rings is 1. The van der Waals surface area contributed by atoms with Crippen LogP contribution in [-0.4, -0.2) is 56.7 Å². The Morgan fingerprint density at radius 1 is 1.65 bits per heavy atom. The highest BCUT2D eigenvalue weighted by atomic mass is 32.1. The van der Waals surface area contributed by atoms with Crippen LogP contribution in [0.5, 0.6) is 0 Å². The van der Waals surface area contributed by atoms with Crippen molar-refractivity contribution in [1.29, 1.82) is 0 Å². The average molecular weight is 297 g/mol. The minimum absolute atomic E-state index is 0.0796. The molecule has 1 aromatic heterocycles. The Balaban J connectivity index is 1.76. The lowest BCUT2D eigenvalue weighted by atomic mass is 10.2. The van der Waals surface area contributed by atoms with E-state index in [-0.39, 0.29) is 18.1 Å². The van der Waals surface area contributed by atoms with Crippen molar-refractivity contribution in [2.24, 2.45) is 0 Å². The van der Waals surface area contributed by atoms with Crippen LogP contribution in [0.3, 0.4) is 0 Å². The third kappa shape index (κ3) is 4.56. The number of rotatable bonds is 6. The molecule has 6 heteroatoms. The van der Waals surface area contributed by atoms with Gasteiger partial charge in [0.2, 0.25) is 5.91 Å². The fourth-order valence-electron chi connectivity index (χ4n) is 2.37. The highest BCUT2D eigenvalue weighted by molar-refractivity contribution is 7.10. The minimum Gasteiger partial charge on any atom is -0.374 e. The van der Waals surface area contributed by atoms with Crippen molar-refractivity contribution in [2.75, 3.05) is 39.8 Å². The van der Waals surface area contributed by atoms with Crippen LogP contribution in [0.4, 0.5) is 0 Å². The summed E-state index contributed by atoms with van der Waals surface area (Å²) >= 11 is 1.67. The molecule has 0 saturated carbocycles. The van der Waals surface area contributed by atoms with E-state index in [2.05, 4.69) is 15.5 Å². The van der Waals surface area contributed by atoms with Gasteiger partial charge in [0.05, 0.1) is 25.3 Å². The fraction of sp³-hybridized carbons (Fsp3) is 0.643. The molecule has 1 fully saturated rings. The lowest BCUT2D eigenvalue weighted by Crippen LogP contribution is -2.49. The van der Waals surface area contributed by atoms with Gasteiger partial charge in [0.1, 0.15) is 0 Å². The number of nitrogens with zero attached hydrogens (tertiary/aromatic N) is 1. The number of carbonyl (C=O) groups excluding carboxylic acids is 1. The quantitative estimate of drug-likeness (QED) is 0.817. The van der Waals surface area contributed by atoms with Crippen LogP contribution in [-0.2, 0) is 9.53 Å². The summed E-state index contributed by atoms with van der Waals surface area (Å²) in [7, 11) is 1.91. The SMILES string of the molecule is CNCC1CN(CC(=O)NC(C)c2cccs2)CCO1. The van der Waals surface area contributed by atoms with Gasteiger partial charge in [-0.3, -0.25) is 9.69 Å². The first-order chi connectivity index (χ1) is 9.69. The molecule has 2 atom stereocenters. The Labute approximate surface area is 124 Å². The molecule has 2 unspecified atom stereocenters. The first kappa shape index (κ1) is 15.4. The van der Waals surface area contributed by atoms with E-state index in [9.17, 15) is 4.79 Å². The number of nitrogens with one attached hydrogen (secondary N) is 2. The van der Waals surface area contributed by atoms with Crippen molar-refractivity contribution < 1.29 is 9.53 Å². The lowest BCUT2D eigenvalue weighted by Gasteiger charge is -2.32. The number of likely N-dealkylation sites (N-methyl/N-ethyl adjacent to an activating group) is 1. The Hall–Kier alpha value is -0.950. The standard InChI is InChI=1S/C14H23N3O2S/c1-11(13-4-3-7-20-13)16-14(18)10-17-5-6-19-12(9-17)8-15-2/h3-4,7,11-12,15H,5-6,8-10H2,1-2H3,(H,16,18). The molecule has 5 nitrogen and oxygen atoms in total. The normalized spacial score (nSPS) is 21.6. The van der Waals surface area contributed by atoms with Crippen molar-refractivity contribution in [2.45, 2.75) is 19.1 Å². The predicted octanol–water partition coefficient (Wildman–Crippen LogP) is 0.845. The topological polar surface area (TPSA) is 53.6 Å². The molecule has 0 aromatic carbocycles. The van der Waals surface area contributed by atoms with Gasteiger partial charge in [-0.05, 0) is 25.4 Å². The summed E-state index contributed by atoms with van der Waals surface area (Å²) in [6.07, 6.45) is 0.177. The van der Waals surface area contributed by atoms with Crippen molar-refractivity contribution in [3.63, 3.8) is 0 Å². The van der Waals surface area contributed by atoms with E-state index < -0.39 is 0 Å². The molecule has 2 heterocycles. The van der Waals surface area contributed by atoms with Gasteiger partial charge >= 0.3 is 0 Å². The Morgan fingerprint density at radius 2 is 2.50 bits per heavy atom. The van der Waals surface area contributed by atoms with Crippen LogP contribution in [0.15, 0.2) is 17.5 Å². The molecule has 2 rings (SSSR count). The van der Waals surface area contributed by atoms with E-state index in [4.69, 9.17) is 4.74 Å². The first-order valence-corrected chi connectivity index (χ1v) is 7.88. The summed E-state index contributed by atoms with van der Waals surface area (Å²) < 4.78 is 5.64. The lowest BCUT2D eigenvalue weighted by molar-refractivity contribution is -0.124. The van der Waals surface area contributed by atoms with Gasteiger partial charge in [-0.1, -0.05) is 6.07 Å². The maximum absolute atomic E-state index is 12.1. The highest BCUT2D eigenvalue weighted by Crippen LogP contribution is 2.17. The molecule has 0 bridgehead atoms. The number of carbonyl (C=O) groups is 1. The summed E-state index contributed by atoms with van der Waals surface area (Å²) in [5.74, 6) is 0.0796. The summed E-state index contributed by atoms with van der Waals surface area (Å²) in [5.41, 5.74) is 0. The molecule has 112 valence electrons. The average Bonchev–Trinajstić information content (AvgIpc) is 2.93. The number of amides is 1. The van der Waals surface area contributed by atoms with E-state index in [1.165, 1.54) is 4.88 Å². The molecule has 0 spiro atoms. The molecular weight excluding hydrogens is 274 g/mol. The molecule has 1 saturated heterocycles. The van der Waals surface area contributed by atoms with Crippen LogP contribution < -0.4 is 10.6 Å². The molecule has 1 aromatic rings. The van der Waals surface area contributed by atoms with E-state index in [1.54, 1.807) is 11.3 Å². The Bertz CT molecular complexity index is 409. The third-order valence-electron chi connectivity index (χ3n) is 3.37. The smallest absolute Gasteiger partial charge is 0.234 e. The van der Waals surface area contributed by atoms with E-state index in [0.29, 0.717) is 13.2 Å². The van der Waals surface area contributed by atoms with Gasteiger partial charge < -0.3 is 15.4 Å². The Kier molecular flexibility index (Phi) is 5.97. The highest BCUT2D eigenvalue weighted by Gasteiger charge is 2.22. The first-order valence-electron chi connectivity index (χ1n) is 7.00. The predicted molar refractivity (Wildman–Crippen MR) is 81.0 cm³/mol. The minimum atomic E-state index is 0.0796. The fourth-order valence-corrected chi connectivity index (χ4v) is 3.11. The van der Waals surface area contributed by atoms with Crippen LogP contribution in [0.25, 0.3) is 0 Å². The van der Waals surface area contributed by atoms with Crippen molar-refractivity contribution >= 4 is 17.2 Å². The summed E-state index contributed by atoms with van der Waals surface area (Å²) in [6, 6.07) is 4.14. The van der Waals surface area contributed by atoms with Crippen LogP contribution in [0.1, 0.15) is 17.8 Å². The molecule has 1 amide bonds. The second-order valence-corrected chi connectivity index (χ2v) is 6.07. The van der Waals surface area contributed by atoms with Crippen molar-refractivity contribution in [3.8, 4) is 0 Å². The molecule has 1 aliphatic heterocycles. The molecule has 1 aliphatic rings. The molecule has 2 N–H and O–H groups in total. The number of ether oxygens (including phenoxy) is 1. The zero-order valence-electron chi connectivity index (χ0n) is 12.1. The Morgan fingerprint density at radius 3 is 3.20 bits per heavy atom. The van der Waals surface area contributed by atoms with Gasteiger partial charge in [-0.25, -0.2) is 0 Å². The van der Waals surface area contributed by atoms with Gasteiger partial charge in [0, 0.05) is 24.5 Å². The zero-order valence-corrected chi connectivity index (χ0v) is 12.9. The second-order valence-electron chi connectivity index (χ2n) is 5.09. The molecule has 20 heavy (non-hydrogen) atoms.